The van der Waals surface area contributed by atoms with Crippen molar-refractivity contribution in [3.05, 3.63) is 89.6 Å². The first kappa shape index (κ1) is 20.2. The molecule has 0 spiro atoms. The third-order valence-electron chi connectivity index (χ3n) is 5.41. The third-order valence-corrected chi connectivity index (χ3v) is 5.41. The van der Waals surface area contributed by atoms with E-state index in [1.54, 1.807) is 30.6 Å². The molecule has 33 heavy (non-hydrogen) atoms. The molecule has 5 rings (SSSR count). The molecular formula is C26H19FN6. The molecule has 7 heteroatoms. The minimum Gasteiger partial charge on any atom is -0.397 e. The Bertz CT molecular complexity index is 1550. The maximum absolute atomic E-state index is 13.4. The topological polar surface area (TPSA) is 96.3 Å². The molecule has 0 aliphatic rings. The number of benzene rings is 1. The maximum Gasteiger partial charge on any atom is 0.135 e. The van der Waals surface area contributed by atoms with Crippen molar-refractivity contribution in [2.45, 2.75) is 6.92 Å². The summed E-state index contributed by atoms with van der Waals surface area (Å²) in [4.78, 5) is 12.4. The molecule has 4 aromatic heterocycles. The zero-order valence-corrected chi connectivity index (χ0v) is 17.7. The van der Waals surface area contributed by atoms with Gasteiger partial charge in [0.1, 0.15) is 17.0 Å². The van der Waals surface area contributed by atoms with E-state index in [1.165, 1.54) is 12.1 Å². The van der Waals surface area contributed by atoms with Gasteiger partial charge in [-0.15, -0.1) is 6.42 Å². The number of nitrogen functional groups attached to an aromatic ring is 1. The van der Waals surface area contributed by atoms with E-state index in [0.29, 0.717) is 16.9 Å². The van der Waals surface area contributed by atoms with Crippen LogP contribution in [-0.4, -0.2) is 25.1 Å². The number of pyridine rings is 2. The van der Waals surface area contributed by atoms with Crippen molar-refractivity contribution in [1.82, 2.24) is 25.1 Å². The van der Waals surface area contributed by atoms with Crippen molar-refractivity contribution in [3.8, 4) is 35.0 Å². The fourth-order valence-electron chi connectivity index (χ4n) is 3.84. The lowest BCUT2D eigenvalue weighted by molar-refractivity contribution is 0.627. The fourth-order valence-corrected chi connectivity index (χ4v) is 3.84. The van der Waals surface area contributed by atoms with E-state index in [1.807, 2.05) is 31.2 Å². The van der Waals surface area contributed by atoms with Crippen molar-refractivity contribution in [2.24, 2.45) is 0 Å². The van der Waals surface area contributed by atoms with Crippen molar-refractivity contribution < 1.29 is 4.39 Å². The number of hydrogen-bond donors (Lipinski definition) is 3. The predicted molar refractivity (Wildman–Crippen MR) is 128 cm³/mol. The number of aromatic nitrogens is 5. The van der Waals surface area contributed by atoms with Gasteiger partial charge < -0.3 is 10.7 Å². The highest BCUT2D eigenvalue weighted by molar-refractivity contribution is 5.92. The third kappa shape index (κ3) is 3.75. The van der Waals surface area contributed by atoms with Gasteiger partial charge in [0.05, 0.1) is 22.6 Å². The van der Waals surface area contributed by atoms with Crippen LogP contribution in [0.15, 0.2) is 67.0 Å². The molecule has 0 bridgehead atoms. The van der Waals surface area contributed by atoms with Gasteiger partial charge in [0.15, 0.2) is 0 Å². The summed E-state index contributed by atoms with van der Waals surface area (Å²) in [5.41, 5.74) is 14.5. The molecule has 0 amide bonds. The second-order valence-electron chi connectivity index (χ2n) is 7.63. The molecular weight excluding hydrogens is 415 g/mol. The Hall–Kier alpha value is -4.70. The monoisotopic (exact) mass is 434 g/mol. The molecule has 0 saturated carbocycles. The van der Waals surface area contributed by atoms with Crippen molar-refractivity contribution in [2.75, 3.05) is 5.73 Å². The van der Waals surface area contributed by atoms with E-state index in [9.17, 15) is 4.39 Å². The summed E-state index contributed by atoms with van der Waals surface area (Å²) < 4.78 is 13.4. The van der Waals surface area contributed by atoms with Crippen LogP contribution in [0.1, 0.15) is 16.8 Å². The summed E-state index contributed by atoms with van der Waals surface area (Å²) in [6.07, 6.45) is 10.6. The van der Waals surface area contributed by atoms with Crippen LogP contribution in [0.2, 0.25) is 0 Å². The minimum absolute atomic E-state index is 0.300. The smallest absolute Gasteiger partial charge is 0.135 e. The Morgan fingerprint density at radius 2 is 1.94 bits per heavy atom. The highest BCUT2D eigenvalue weighted by Crippen LogP contribution is 2.33. The second-order valence-corrected chi connectivity index (χ2v) is 7.63. The first-order chi connectivity index (χ1) is 16.0. The van der Waals surface area contributed by atoms with Crippen LogP contribution in [0.3, 0.4) is 0 Å². The Kier molecular flexibility index (Phi) is 4.96. The minimum atomic E-state index is -0.300. The van der Waals surface area contributed by atoms with Gasteiger partial charge in [-0.1, -0.05) is 18.1 Å². The van der Waals surface area contributed by atoms with Crippen molar-refractivity contribution >= 4 is 22.3 Å². The number of nitrogens with zero attached hydrogens (tertiary/aromatic N) is 3. The molecule has 5 aromatic rings. The molecule has 1 aromatic carbocycles. The van der Waals surface area contributed by atoms with Gasteiger partial charge in [-0.25, -0.2) is 9.37 Å². The number of terminal acetylenes is 1. The molecule has 4 heterocycles. The van der Waals surface area contributed by atoms with E-state index in [2.05, 4.69) is 26.1 Å². The predicted octanol–water partition coefficient (Wildman–Crippen LogP) is 5.11. The van der Waals surface area contributed by atoms with E-state index in [0.717, 1.165) is 44.9 Å². The molecule has 0 atom stereocenters. The summed E-state index contributed by atoms with van der Waals surface area (Å²) in [7, 11) is 0. The van der Waals surface area contributed by atoms with Crippen LogP contribution < -0.4 is 5.73 Å². The number of aryl methyl sites for hydroxylation is 1. The first-order valence-electron chi connectivity index (χ1n) is 10.2. The van der Waals surface area contributed by atoms with Crippen LogP contribution >= 0.6 is 0 Å². The summed E-state index contributed by atoms with van der Waals surface area (Å²) in [5, 5.41) is 7.53. The second kappa shape index (κ2) is 8.09. The Balaban J connectivity index is 1.61. The molecule has 0 fully saturated rings. The number of nitrogens with one attached hydrogen (secondary N) is 2. The number of allylic oxidation sites excluding steroid dienone is 1. The molecule has 0 radical (unpaired) electrons. The molecule has 0 unspecified atom stereocenters. The lowest BCUT2D eigenvalue weighted by Crippen LogP contribution is -1.90. The maximum atomic E-state index is 13.4. The fraction of sp³-hybridized carbons (Fsp3) is 0.0385. The molecule has 0 saturated heterocycles. The van der Waals surface area contributed by atoms with E-state index in [4.69, 9.17) is 17.1 Å². The number of nitrogens with two attached hydrogens (primary N) is 1. The van der Waals surface area contributed by atoms with E-state index >= 15 is 0 Å². The highest BCUT2D eigenvalue weighted by Gasteiger charge is 2.17. The highest BCUT2D eigenvalue weighted by atomic mass is 19.1. The van der Waals surface area contributed by atoms with Gasteiger partial charge in [0, 0.05) is 29.2 Å². The molecule has 0 aliphatic carbocycles. The van der Waals surface area contributed by atoms with Crippen LogP contribution in [0.4, 0.5) is 10.1 Å². The Labute approximate surface area is 189 Å². The molecule has 160 valence electrons. The Morgan fingerprint density at radius 1 is 1.12 bits per heavy atom. The van der Waals surface area contributed by atoms with Gasteiger partial charge in [-0.2, -0.15) is 5.10 Å². The van der Waals surface area contributed by atoms with Gasteiger partial charge in [-0.05, 0) is 60.5 Å². The van der Waals surface area contributed by atoms with Crippen molar-refractivity contribution in [3.63, 3.8) is 0 Å². The summed E-state index contributed by atoms with van der Waals surface area (Å²) in [6.45, 7) is 1.96. The summed E-state index contributed by atoms with van der Waals surface area (Å²) in [6, 6.07) is 13.9. The lowest BCUT2D eigenvalue weighted by atomic mass is 9.97. The standard InChI is InChI=1S/C26H19FN6/c1-3-4-20(16-5-7-18(27)8-6-16)21-12-24(30-15(21)2)26-25-23(32-33-26)10-9-22(31-25)17-11-19(28)14-29-13-17/h1,4-14,30H,28H2,2H3,(H,32,33)/b20-4-. The number of aromatic amines is 2. The molecule has 6 nitrogen and oxygen atoms in total. The zero-order chi connectivity index (χ0) is 22.9. The van der Waals surface area contributed by atoms with E-state index < -0.39 is 0 Å². The number of fused-ring (bicyclic) bond motifs is 1. The number of halogens is 1. The lowest BCUT2D eigenvalue weighted by Gasteiger charge is -2.06. The average Bonchev–Trinajstić information content (AvgIpc) is 3.41. The molecule has 4 N–H and O–H groups in total. The van der Waals surface area contributed by atoms with E-state index in [-0.39, 0.29) is 5.82 Å². The quantitative estimate of drug-likeness (QED) is 0.343. The van der Waals surface area contributed by atoms with Crippen LogP contribution in [0, 0.1) is 25.1 Å². The van der Waals surface area contributed by atoms with Gasteiger partial charge in [0.2, 0.25) is 0 Å². The van der Waals surface area contributed by atoms with Crippen LogP contribution in [-0.2, 0) is 0 Å². The first-order valence-corrected chi connectivity index (χ1v) is 10.2. The number of hydrogen-bond acceptors (Lipinski definition) is 4. The van der Waals surface area contributed by atoms with Gasteiger partial charge >= 0.3 is 0 Å². The van der Waals surface area contributed by atoms with Crippen LogP contribution in [0.25, 0.3) is 39.3 Å². The largest absolute Gasteiger partial charge is 0.397 e. The zero-order valence-electron chi connectivity index (χ0n) is 17.7. The summed E-state index contributed by atoms with van der Waals surface area (Å²) >= 11 is 0. The molecule has 0 aliphatic heterocycles. The van der Waals surface area contributed by atoms with Crippen LogP contribution in [0.5, 0.6) is 0 Å². The van der Waals surface area contributed by atoms with Crippen molar-refractivity contribution in [1.29, 1.82) is 0 Å². The number of H-pyrrole nitrogens is 2. The van der Waals surface area contributed by atoms with Gasteiger partial charge in [0.25, 0.3) is 0 Å². The SMILES string of the molecule is C#C/C=C(/c1ccc(F)cc1)c1cc(-c2n[nH]c3ccc(-c4cncc(N)c4)nc23)[nH]c1C. The number of rotatable bonds is 4. The average molecular weight is 434 g/mol. The van der Waals surface area contributed by atoms with Gasteiger partial charge in [-0.3, -0.25) is 10.1 Å². The normalized spacial score (nSPS) is 11.6. The Morgan fingerprint density at radius 3 is 2.70 bits per heavy atom. The summed E-state index contributed by atoms with van der Waals surface area (Å²) in [5.74, 6) is 2.29. The number of anilines is 1.